The Hall–Kier alpha value is -3.34. The molecule has 1 amide bonds. The van der Waals surface area contributed by atoms with E-state index in [0.717, 1.165) is 12.1 Å². The van der Waals surface area contributed by atoms with E-state index in [1.807, 2.05) is 0 Å². The number of nitrogens with zero attached hydrogens (tertiary/aromatic N) is 2. The largest absolute Gasteiger partial charge is 0.501 e. The quantitative estimate of drug-likeness (QED) is 0.677. The third kappa shape index (κ3) is 4.09. The van der Waals surface area contributed by atoms with E-state index < -0.39 is 26.1 Å². The van der Waals surface area contributed by atoms with E-state index in [2.05, 4.69) is 10.4 Å². The molecule has 0 spiro atoms. The van der Waals surface area contributed by atoms with Gasteiger partial charge in [0.15, 0.2) is 0 Å². The zero-order chi connectivity index (χ0) is 21.2. The number of ether oxygens (including phenoxy) is 1. The molecule has 0 saturated carbocycles. The number of rotatable bonds is 5. The predicted octanol–water partition coefficient (Wildman–Crippen LogP) is 3.43. The molecule has 0 aliphatic heterocycles. The van der Waals surface area contributed by atoms with Crippen molar-refractivity contribution in [2.45, 2.75) is 10.4 Å². The number of hydrogen-bond donors (Lipinski definition) is 1. The number of anilines is 1. The van der Waals surface area contributed by atoms with E-state index in [4.69, 9.17) is 4.74 Å². The fourth-order valence-electron chi connectivity index (χ4n) is 2.47. The van der Waals surface area contributed by atoms with Crippen LogP contribution in [-0.4, -0.2) is 36.7 Å². The van der Waals surface area contributed by atoms with E-state index in [0.29, 0.717) is 11.8 Å². The van der Waals surface area contributed by atoms with Gasteiger partial charge in [-0.25, -0.2) is 13.1 Å². The summed E-state index contributed by atoms with van der Waals surface area (Å²) in [6, 6.07) is 10.5. The number of alkyl halides is 3. The topological polar surface area (TPSA) is 90.3 Å². The molecule has 11 heteroatoms. The molecule has 2 aromatic carbocycles. The Morgan fingerprint density at radius 1 is 1.14 bits per heavy atom. The van der Waals surface area contributed by atoms with E-state index in [9.17, 15) is 26.4 Å². The van der Waals surface area contributed by atoms with Crippen molar-refractivity contribution in [2.24, 2.45) is 0 Å². The summed E-state index contributed by atoms with van der Waals surface area (Å²) in [5.74, 6) is -0.649. The van der Waals surface area contributed by atoms with Gasteiger partial charge in [-0.2, -0.15) is 18.3 Å². The van der Waals surface area contributed by atoms with Crippen LogP contribution in [-0.2, 0) is 9.84 Å². The number of aromatic nitrogens is 2. The average molecular weight is 425 g/mol. The average Bonchev–Trinajstić information content (AvgIpc) is 3.22. The number of nitrogens with one attached hydrogen (secondary N) is 1. The molecule has 0 unspecified atom stereocenters. The Kier molecular flexibility index (Phi) is 5.33. The second-order valence-electron chi connectivity index (χ2n) is 5.76. The fraction of sp³-hybridized carbons (Fsp3) is 0.111. The maximum Gasteiger partial charge on any atom is 0.501 e. The number of halogens is 3. The molecule has 152 valence electrons. The summed E-state index contributed by atoms with van der Waals surface area (Å²) in [5, 5.41) is 6.43. The number of methoxy groups -OCH3 is 1. The van der Waals surface area contributed by atoms with Crippen molar-refractivity contribution in [1.82, 2.24) is 9.78 Å². The van der Waals surface area contributed by atoms with Crippen molar-refractivity contribution in [3.05, 3.63) is 66.5 Å². The second-order valence-corrected chi connectivity index (χ2v) is 7.70. The highest BCUT2D eigenvalue weighted by atomic mass is 32.2. The zero-order valence-corrected chi connectivity index (χ0v) is 15.7. The SMILES string of the molecule is COc1ccc(S(=O)(=O)C(F)(F)F)cc1NC(=O)c1ccc(-n2cccn2)cc1. The number of carbonyl (C=O) groups excluding carboxylic acids is 1. The minimum atomic E-state index is -5.57. The summed E-state index contributed by atoms with van der Waals surface area (Å²) < 4.78 is 68.2. The van der Waals surface area contributed by atoms with Crippen LogP contribution < -0.4 is 10.1 Å². The normalized spacial score (nSPS) is 11.9. The maximum atomic E-state index is 12.8. The molecule has 1 aromatic heterocycles. The van der Waals surface area contributed by atoms with Crippen LogP contribution in [0.1, 0.15) is 10.4 Å². The van der Waals surface area contributed by atoms with Gasteiger partial charge in [-0.05, 0) is 48.5 Å². The first-order chi connectivity index (χ1) is 13.6. The molecule has 0 saturated heterocycles. The first-order valence-corrected chi connectivity index (χ1v) is 9.52. The Morgan fingerprint density at radius 2 is 1.83 bits per heavy atom. The van der Waals surface area contributed by atoms with Crippen molar-refractivity contribution in [2.75, 3.05) is 12.4 Å². The van der Waals surface area contributed by atoms with Crippen LogP contribution in [0.15, 0.2) is 65.8 Å². The third-order valence-electron chi connectivity index (χ3n) is 3.93. The summed E-state index contributed by atoms with van der Waals surface area (Å²) in [4.78, 5) is 11.5. The van der Waals surface area contributed by atoms with Gasteiger partial charge in [0, 0.05) is 18.0 Å². The van der Waals surface area contributed by atoms with Crippen LogP contribution in [0.4, 0.5) is 18.9 Å². The van der Waals surface area contributed by atoms with Gasteiger partial charge >= 0.3 is 5.51 Å². The van der Waals surface area contributed by atoms with Crippen LogP contribution in [0.25, 0.3) is 5.69 Å². The molecule has 0 bridgehead atoms. The van der Waals surface area contributed by atoms with E-state index in [1.54, 1.807) is 35.3 Å². The maximum absolute atomic E-state index is 12.8. The number of amides is 1. The molecule has 1 heterocycles. The van der Waals surface area contributed by atoms with Gasteiger partial charge in [-0.1, -0.05) is 0 Å². The van der Waals surface area contributed by atoms with Crippen molar-refractivity contribution in [1.29, 1.82) is 0 Å². The molecule has 1 N–H and O–H groups in total. The standard InChI is InChI=1S/C18H14F3N3O4S/c1-28-16-8-7-14(29(26,27)18(19,20)21)11-15(16)23-17(25)12-3-5-13(6-4-12)24-10-2-9-22-24/h2-11H,1H3,(H,23,25). The summed E-state index contributed by atoms with van der Waals surface area (Å²) in [5.41, 5.74) is -4.78. The fourth-order valence-corrected chi connectivity index (χ4v) is 3.25. The van der Waals surface area contributed by atoms with Crippen LogP contribution in [0.2, 0.25) is 0 Å². The smallest absolute Gasteiger partial charge is 0.495 e. The lowest BCUT2D eigenvalue weighted by molar-refractivity contribution is -0.0436. The number of hydrogen-bond acceptors (Lipinski definition) is 5. The van der Waals surface area contributed by atoms with Crippen molar-refractivity contribution >= 4 is 21.4 Å². The van der Waals surface area contributed by atoms with Gasteiger partial charge in [0.2, 0.25) is 0 Å². The lowest BCUT2D eigenvalue weighted by Gasteiger charge is -2.14. The molecule has 0 atom stereocenters. The van der Waals surface area contributed by atoms with Gasteiger partial charge in [0.1, 0.15) is 5.75 Å². The highest BCUT2D eigenvalue weighted by Crippen LogP contribution is 2.34. The molecular formula is C18H14F3N3O4S. The van der Waals surface area contributed by atoms with Crippen LogP contribution in [0.3, 0.4) is 0 Å². The number of carbonyl (C=O) groups is 1. The highest BCUT2D eigenvalue weighted by molar-refractivity contribution is 7.92. The van der Waals surface area contributed by atoms with Crippen LogP contribution in [0, 0.1) is 0 Å². The molecule has 7 nitrogen and oxygen atoms in total. The minimum Gasteiger partial charge on any atom is -0.495 e. The Bertz CT molecular complexity index is 1130. The first-order valence-electron chi connectivity index (χ1n) is 8.04. The van der Waals surface area contributed by atoms with E-state index in [1.165, 1.54) is 19.2 Å². The Balaban J connectivity index is 1.89. The number of benzene rings is 2. The molecule has 3 rings (SSSR count). The lowest BCUT2D eigenvalue weighted by Crippen LogP contribution is -2.23. The third-order valence-corrected chi connectivity index (χ3v) is 5.42. The molecule has 3 aromatic rings. The summed E-state index contributed by atoms with van der Waals surface area (Å²) in [6.45, 7) is 0. The van der Waals surface area contributed by atoms with Gasteiger partial charge < -0.3 is 10.1 Å². The summed E-state index contributed by atoms with van der Waals surface area (Å²) >= 11 is 0. The molecule has 0 radical (unpaired) electrons. The van der Waals surface area contributed by atoms with E-state index >= 15 is 0 Å². The van der Waals surface area contributed by atoms with Gasteiger partial charge in [0.25, 0.3) is 15.7 Å². The van der Waals surface area contributed by atoms with E-state index in [-0.39, 0.29) is 17.0 Å². The van der Waals surface area contributed by atoms with Crippen LogP contribution >= 0.6 is 0 Å². The summed E-state index contributed by atoms with van der Waals surface area (Å²) in [6.07, 6.45) is 3.31. The second kappa shape index (κ2) is 7.59. The number of sulfone groups is 1. The lowest BCUT2D eigenvalue weighted by atomic mass is 10.2. The van der Waals surface area contributed by atoms with Crippen molar-refractivity contribution in [3.8, 4) is 11.4 Å². The molecule has 0 aliphatic rings. The Labute approximate surface area is 163 Å². The molecule has 0 fully saturated rings. The highest BCUT2D eigenvalue weighted by Gasteiger charge is 2.47. The van der Waals surface area contributed by atoms with Gasteiger partial charge in [0.05, 0.1) is 23.4 Å². The molecule has 0 aliphatic carbocycles. The monoisotopic (exact) mass is 425 g/mol. The first kappa shape index (κ1) is 20.4. The molecular weight excluding hydrogens is 411 g/mol. The summed E-state index contributed by atoms with van der Waals surface area (Å²) in [7, 11) is -4.33. The zero-order valence-electron chi connectivity index (χ0n) is 14.8. The molecule has 29 heavy (non-hydrogen) atoms. The Morgan fingerprint density at radius 3 is 2.38 bits per heavy atom. The van der Waals surface area contributed by atoms with Crippen LogP contribution in [0.5, 0.6) is 5.75 Å². The van der Waals surface area contributed by atoms with Crippen molar-refractivity contribution in [3.63, 3.8) is 0 Å². The minimum absolute atomic E-state index is 0.00707. The predicted molar refractivity (Wildman–Crippen MR) is 97.8 cm³/mol. The van der Waals surface area contributed by atoms with Gasteiger partial charge in [-0.3, -0.25) is 4.79 Å². The van der Waals surface area contributed by atoms with Crippen molar-refractivity contribution < 1.29 is 31.1 Å². The van der Waals surface area contributed by atoms with Gasteiger partial charge in [-0.15, -0.1) is 0 Å².